The lowest BCUT2D eigenvalue weighted by molar-refractivity contribution is -0.130. The molecule has 0 aliphatic carbocycles. The fourth-order valence-corrected chi connectivity index (χ4v) is 2.25. The van der Waals surface area contributed by atoms with Crippen molar-refractivity contribution in [3.8, 4) is 11.1 Å². The smallest absolute Gasteiger partial charge is 0.363 e. The molecule has 0 saturated carbocycles. The summed E-state index contributed by atoms with van der Waals surface area (Å²) in [7, 11) is 0. The SMILES string of the molecule is CC1=NC(=Cc2cccc(-c3ccc(Cl)cc3)c2)C(=O)O1. The van der Waals surface area contributed by atoms with Crippen molar-refractivity contribution in [1.82, 2.24) is 0 Å². The Hall–Kier alpha value is -2.39. The maximum absolute atomic E-state index is 11.6. The summed E-state index contributed by atoms with van der Waals surface area (Å²) in [6, 6.07) is 15.5. The van der Waals surface area contributed by atoms with Gasteiger partial charge in [0.2, 0.25) is 0 Å². The van der Waals surface area contributed by atoms with Crippen LogP contribution in [-0.2, 0) is 9.53 Å². The van der Waals surface area contributed by atoms with Crippen molar-refractivity contribution >= 4 is 29.5 Å². The largest absolute Gasteiger partial charge is 0.407 e. The first kappa shape index (κ1) is 13.6. The fraction of sp³-hybridized carbons (Fsp3) is 0.0588. The zero-order chi connectivity index (χ0) is 14.8. The average Bonchev–Trinajstić information content (AvgIpc) is 2.78. The Morgan fingerprint density at radius 3 is 2.52 bits per heavy atom. The van der Waals surface area contributed by atoms with E-state index in [1.165, 1.54) is 0 Å². The predicted octanol–water partition coefficient (Wildman–Crippen LogP) is 4.32. The molecule has 1 aliphatic heterocycles. The topological polar surface area (TPSA) is 38.7 Å². The number of cyclic esters (lactones) is 1. The van der Waals surface area contributed by atoms with E-state index >= 15 is 0 Å². The highest BCUT2D eigenvalue weighted by Crippen LogP contribution is 2.24. The van der Waals surface area contributed by atoms with Crippen molar-refractivity contribution in [1.29, 1.82) is 0 Å². The van der Waals surface area contributed by atoms with Crippen LogP contribution in [0, 0.1) is 0 Å². The number of halogens is 1. The van der Waals surface area contributed by atoms with Gasteiger partial charge in [0.1, 0.15) is 0 Å². The first-order chi connectivity index (χ1) is 10.1. The summed E-state index contributed by atoms with van der Waals surface area (Å²) < 4.78 is 4.90. The zero-order valence-corrected chi connectivity index (χ0v) is 12.1. The van der Waals surface area contributed by atoms with E-state index in [2.05, 4.69) is 4.99 Å². The zero-order valence-electron chi connectivity index (χ0n) is 11.3. The van der Waals surface area contributed by atoms with Crippen LogP contribution >= 0.6 is 11.6 Å². The summed E-state index contributed by atoms with van der Waals surface area (Å²) in [5, 5.41) is 0.704. The van der Waals surface area contributed by atoms with Gasteiger partial charge in [-0.15, -0.1) is 0 Å². The highest BCUT2D eigenvalue weighted by molar-refractivity contribution is 6.30. The van der Waals surface area contributed by atoms with E-state index in [1.54, 1.807) is 13.0 Å². The van der Waals surface area contributed by atoms with Crippen molar-refractivity contribution in [3.05, 3.63) is 64.8 Å². The van der Waals surface area contributed by atoms with Crippen LogP contribution < -0.4 is 0 Å². The van der Waals surface area contributed by atoms with Gasteiger partial charge in [0.05, 0.1) is 0 Å². The molecule has 21 heavy (non-hydrogen) atoms. The molecule has 0 N–H and O–H groups in total. The lowest BCUT2D eigenvalue weighted by Gasteiger charge is -2.03. The van der Waals surface area contributed by atoms with Gasteiger partial charge >= 0.3 is 5.97 Å². The Morgan fingerprint density at radius 2 is 1.86 bits per heavy atom. The van der Waals surface area contributed by atoms with Crippen LogP contribution in [0.4, 0.5) is 0 Å². The van der Waals surface area contributed by atoms with Gasteiger partial charge in [-0.25, -0.2) is 9.79 Å². The standard InChI is InChI=1S/C17H12ClNO2/c1-11-19-16(17(20)21-11)10-12-3-2-4-14(9-12)13-5-7-15(18)8-6-13/h2-10H,1H3. The molecule has 0 spiro atoms. The number of nitrogens with zero attached hydrogens (tertiary/aromatic N) is 1. The second-order valence-electron chi connectivity index (χ2n) is 4.68. The molecule has 0 saturated heterocycles. The van der Waals surface area contributed by atoms with E-state index in [-0.39, 0.29) is 0 Å². The molecule has 0 amide bonds. The molecule has 0 atom stereocenters. The first-order valence-electron chi connectivity index (χ1n) is 6.47. The van der Waals surface area contributed by atoms with Crippen LogP contribution in [0.3, 0.4) is 0 Å². The van der Waals surface area contributed by atoms with E-state index in [4.69, 9.17) is 16.3 Å². The van der Waals surface area contributed by atoms with Gasteiger partial charge in [-0.3, -0.25) is 0 Å². The third-order valence-electron chi connectivity index (χ3n) is 3.10. The van der Waals surface area contributed by atoms with Crippen molar-refractivity contribution < 1.29 is 9.53 Å². The van der Waals surface area contributed by atoms with E-state index in [0.717, 1.165) is 16.7 Å². The number of carbonyl (C=O) groups excluding carboxylic acids is 1. The highest BCUT2D eigenvalue weighted by Gasteiger charge is 2.19. The van der Waals surface area contributed by atoms with Crippen LogP contribution in [0.25, 0.3) is 17.2 Å². The summed E-state index contributed by atoms with van der Waals surface area (Å²) in [6.45, 7) is 1.66. The van der Waals surface area contributed by atoms with Gasteiger partial charge in [-0.1, -0.05) is 41.9 Å². The molecule has 1 heterocycles. The Labute approximate surface area is 127 Å². The minimum atomic E-state index is -0.413. The number of ether oxygens (including phenoxy) is 1. The molecule has 4 heteroatoms. The van der Waals surface area contributed by atoms with Crippen molar-refractivity contribution in [3.63, 3.8) is 0 Å². The summed E-state index contributed by atoms with van der Waals surface area (Å²) >= 11 is 5.90. The minimum absolute atomic E-state index is 0.320. The second kappa shape index (κ2) is 5.54. The van der Waals surface area contributed by atoms with Crippen molar-refractivity contribution in [2.75, 3.05) is 0 Å². The molecule has 2 aromatic carbocycles. The minimum Gasteiger partial charge on any atom is -0.407 e. The molecular weight excluding hydrogens is 286 g/mol. The third kappa shape index (κ3) is 3.03. The van der Waals surface area contributed by atoms with Crippen LogP contribution in [0.15, 0.2) is 59.2 Å². The Balaban J connectivity index is 1.96. The molecule has 0 unspecified atom stereocenters. The van der Waals surface area contributed by atoms with E-state index < -0.39 is 5.97 Å². The maximum Gasteiger partial charge on any atom is 0.363 e. The maximum atomic E-state index is 11.6. The number of rotatable bonds is 2. The van der Waals surface area contributed by atoms with Crippen LogP contribution in [0.2, 0.25) is 5.02 Å². The molecule has 104 valence electrons. The molecule has 3 nitrogen and oxygen atoms in total. The van der Waals surface area contributed by atoms with Crippen LogP contribution in [0.5, 0.6) is 0 Å². The summed E-state index contributed by atoms with van der Waals surface area (Å²) in [4.78, 5) is 15.6. The number of carbonyl (C=O) groups is 1. The van der Waals surface area contributed by atoms with Gasteiger partial charge in [0, 0.05) is 11.9 Å². The monoisotopic (exact) mass is 297 g/mol. The first-order valence-corrected chi connectivity index (χ1v) is 6.85. The Bertz CT molecular complexity index is 761. The summed E-state index contributed by atoms with van der Waals surface area (Å²) in [6.07, 6.45) is 1.72. The van der Waals surface area contributed by atoms with Crippen LogP contribution in [-0.4, -0.2) is 11.9 Å². The van der Waals surface area contributed by atoms with Gasteiger partial charge in [0.15, 0.2) is 11.6 Å². The number of aliphatic imine (C=N–C) groups is 1. The lowest BCUT2D eigenvalue weighted by atomic mass is 10.0. The normalized spacial score (nSPS) is 16.0. The average molecular weight is 298 g/mol. The van der Waals surface area contributed by atoms with Crippen molar-refractivity contribution in [2.24, 2.45) is 4.99 Å². The molecule has 3 rings (SSSR count). The number of hydrogen-bond donors (Lipinski definition) is 0. The summed E-state index contributed by atoms with van der Waals surface area (Å²) in [5.41, 5.74) is 3.33. The fourth-order valence-electron chi connectivity index (χ4n) is 2.12. The second-order valence-corrected chi connectivity index (χ2v) is 5.12. The molecule has 0 aromatic heterocycles. The van der Waals surface area contributed by atoms with Gasteiger partial charge in [-0.2, -0.15) is 0 Å². The van der Waals surface area contributed by atoms with Crippen LogP contribution in [0.1, 0.15) is 12.5 Å². The molecule has 0 radical (unpaired) electrons. The number of benzene rings is 2. The van der Waals surface area contributed by atoms with Crippen molar-refractivity contribution in [2.45, 2.75) is 6.92 Å². The Morgan fingerprint density at radius 1 is 1.10 bits per heavy atom. The number of esters is 1. The molecular formula is C17H12ClNO2. The quantitative estimate of drug-likeness (QED) is 0.611. The van der Waals surface area contributed by atoms with E-state index in [9.17, 15) is 4.79 Å². The Kier molecular flexibility index (Phi) is 3.59. The summed E-state index contributed by atoms with van der Waals surface area (Å²) in [5.74, 6) is -0.0375. The van der Waals surface area contributed by atoms with Gasteiger partial charge < -0.3 is 4.74 Å². The molecule has 1 aliphatic rings. The lowest BCUT2D eigenvalue weighted by Crippen LogP contribution is -1.99. The van der Waals surface area contributed by atoms with E-state index in [1.807, 2.05) is 48.5 Å². The highest BCUT2D eigenvalue weighted by atomic mass is 35.5. The van der Waals surface area contributed by atoms with Gasteiger partial charge in [0.25, 0.3) is 0 Å². The van der Waals surface area contributed by atoms with Gasteiger partial charge in [-0.05, 0) is 41.0 Å². The predicted molar refractivity (Wildman–Crippen MR) is 84.1 cm³/mol. The molecule has 0 bridgehead atoms. The van der Waals surface area contributed by atoms with E-state index in [0.29, 0.717) is 16.6 Å². The number of hydrogen-bond acceptors (Lipinski definition) is 3. The molecule has 0 fully saturated rings. The molecule has 2 aromatic rings. The third-order valence-corrected chi connectivity index (χ3v) is 3.35.